The lowest BCUT2D eigenvalue weighted by molar-refractivity contribution is 0.407. The highest BCUT2D eigenvalue weighted by atomic mass is 16.5. The molecule has 0 aliphatic carbocycles. The molecule has 0 spiro atoms. The van der Waals surface area contributed by atoms with E-state index in [0.29, 0.717) is 18.7 Å². The van der Waals surface area contributed by atoms with Gasteiger partial charge in [0.05, 0.1) is 31.2 Å². The predicted molar refractivity (Wildman–Crippen MR) is 91.9 cm³/mol. The summed E-state index contributed by atoms with van der Waals surface area (Å²) in [5.74, 6) is 0.836. The molecule has 0 amide bonds. The lowest BCUT2D eigenvalue weighted by Gasteiger charge is -2.05. The molecular formula is C18H18N4O2. The highest BCUT2D eigenvalue weighted by Gasteiger charge is 2.05. The maximum absolute atomic E-state index is 9.93. The Morgan fingerprint density at radius 2 is 2.04 bits per heavy atom. The molecule has 1 aromatic heterocycles. The molecule has 24 heavy (non-hydrogen) atoms. The molecule has 0 saturated heterocycles. The largest absolute Gasteiger partial charge is 0.508 e. The van der Waals surface area contributed by atoms with Gasteiger partial charge in [0, 0.05) is 18.7 Å². The van der Waals surface area contributed by atoms with Crippen LogP contribution in [0.1, 0.15) is 11.3 Å². The first-order chi connectivity index (χ1) is 11.8. The van der Waals surface area contributed by atoms with Gasteiger partial charge in [-0.2, -0.15) is 0 Å². The molecule has 3 rings (SSSR count). The summed E-state index contributed by atoms with van der Waals surface area (Å²) in [6, 6.07) is 15.0. The number of nitrogens with zero attached hydrogens (tertiary/aromatic N) is 4. The standard InChI is InChI=1S/C18H18N4O2/c1-24-17-8-7-14(18(23)11-17)9-10-19-12-16-13-20-21-22(16)15-5-3-2-4-6-15/h2-8,10-11,13,23H,9,12H2,1H3. The number of para-hydroxylation sites is 1. The number of methoxy groups -OCH3 is 1. The maximum atomic E-state index is 9.93. The molecule has 0 fully saturated rings. The molecule has 0 atom stereocenters. The van der Waals surface area contributed by atoms with Gasteiger partial charge in [-0.05, 0) is 23.8 Å². The number of ether oxygens (including phenoxy) is 1. The quantitative estimate of drug-likeness (QED) is 0.708. The predicted octanol–water partition coefficient (Wildman–Crippen LogP) is 2.80. The minimum absolute atomic E-state index is 0.205. The molecule has 3 aromatic rings. The summed E-state index contributed by atoms with van der Waals surface area (Å²) in [5.41, 5.74) is 2.65. The lowest BCUT2D eigenvalue weighted by Crippen LogP contribution is -2.01. The number of rotatable bonds is 6. The average Bonchev–Trinajstić information content (AvgIpc) is 3.09. The van der Waals surface area contributed by atoms with Crippen LogP contribution >= 0.6 is 0 Å². The van der Waals surface area contributed by atoms with E-state index in [1.165, 1.54) is 0 Å². The van der Waals surface area contributed by atoms with Crippen LogP contribution in [0.25, 0.3) is 5.69 Å². The van der Waals surface area contributed by atoms with Crippen molar-refractivity contribution in [1.82, 2.24) is 15.0 Å². The summed E-state index contributed by atoms with van der Waals surface area (Å²) in [6.07, 6.45) is 4.03. The highest BCUT2D eigenvalue weighted by molar-refractivity contribution is 5.63. The first-order valence-corrected chi connectivity index (χ1v) is 7.57. The Labute approximate surface area is 140 Å². The van der Waals surface area contributed by atoms with Crippen LogP contribution in [-0.2, 0) is 13.0 Å². The average molecular weight is 322 g/mol. The van der Waals surface area contributed by atoms with Crippen molar-refractivity contribution in [2.75, 3.05) is 7.11 Å². The smallest absolute Gasteiger partial charge is 0.122 e. The summed E-state index contributed by atoms with van der Waals surface area (Å²) >= 11 is 0. The van der Waals surface area contributed by atoms with Gasteiger partial charge in [0.15, 0.2) is 0 Å². The van der Waals surface area contributed by atoms with E-state index in [-0.39, 0.29) is 5.75 Å². The van der Waals surface area contributed by atoms with E-state index >= 15 is 0 Å². The fourth-order valence-corrected chi connectivity index (χ4v) is 2.31. The van der Waals surface area contributed by atoms with Crippen molar-refractivity contribution in [3.8, 4) is 17.2 Å². The summed E-state index contributed by atoms with van der Waals surface area (Å²) < 4.78 is 6.84. The van der Waals surface area contributed by atoms with Crippen LogP contribution in [0.15, 0.2) is 59.7 Å². The fraction of sp³-hybridized carbons (Fsp3) is 0.167. The first-order valence-electron chi connectivity index (χ1n) is 7.57. The third kappa shape index (κ3) is 3.60. The van der Waals surface area contributed by atoms with Crippen LogP contribution in [0.2, 0.25) is 0 Å². The van der Waals surface area contributed by atoms with Crippen LogP contribution in [0.4, 0.5) is 0 Å². The first kappa shape index (κ1) is 15.7. The number of benzene rings is 2. The Morgan fingerprint density at radius 1 is 1.21 bits per heavy atom. The monoisotopic (exact) mass is 322 g/mol. The van der Waals surface area contributed by atoms with E-state index < -0.39 is 0 Å². The van der Waals surface area contributed by atoms with Crippen molar-refractivity contribution in [3.05, 3.63) is 66.0 Å². The molecule has 0 saturated carbocycles. The van der Waals surface area contributed by atoms with Gasteiger partial charge >= 0.3 is 0 Å². The molecule has 1 N–H and O–H groups in total. The van der Waals surface area contributed by atoms with Gasteiger partial charge in [-0.15, -0.1) is 5.10 Å². The van der Waals surface area contributed by atoms with Gasteiger partial charge in [-0.3, -0.25) is 4.99 Å². The minimum atomic E-state index is 0.205. The van der Waals surface area contributed by atoms with Gasteiger partial charge in [0.2, 0.25) is 0 Å². The third-order valence-electron chi connectivity index (χ3n) is 3.61. The van der Waals surface area contributed by atoms with Crippen LogP contribution in [0.5, 0.6) is 11.5 Å². The fourth-order valence-electron chi connectivity index (χ4n) is 2.31. The number of phenols is 1. The van der Waals surface area contributed by atoms with E-state index in [9.17, 15) is 5.11 Å². The summed E-state index contributed by atoms with van der Waals surface area (Å²) in [5, 5.41) is 18.0. The molecule has 0 bridgehead atoms. The van der Waals surface area contributed by atoms with Crippen LogP contribution in [0.3, 0.4) is 0 Å². The maximum Gasteiger partial charge on any atom is 0.122 e. The van der Waals surface area contributed by atoms with Gasteiger partial charge in [0.1, 0.15) is 11.5 Å². The van der Waals surface area contributed by atoms with Crippen LogP contribution in [0, 0.1) is 0 Å². The molecule has 0 aliphatic rings. The van der Waals surface area contributed by atoms with E-state index in [2.05, 4.69) is 15.3 Å². The summed E-state index contributed by atoms with van der Waals surface area (Å²) in [6.45, 7) is 0.471. The number of phenolic OH excluding ortho intramolecular Hbond substituents is 1. The second-order valence-electron chi connectivity index (χ2n) is 5.19. The number of aliphatic imine (C=N–C) groups is 1. The second-order valence-corrected chi connectivity index (χ2v) is 5.19. The number of hydrogen-bond donors (Lipinski definition) is 1. The molecule has 0 aliphatic heterocycles. The molecule has 0 radical (unpaired) electrons. The van der Waals surface area contributed by atoms with E-state index in [0.717, 1.165) is 16.9 Å². The highest BCUT2D eigenvalue weighted by Crippen LogP contribution is 2.23. The third-order valence-corrected chi connectivity index (χ3v) is 3.61. The van der Waals surface area contributed by atoms with Gasteiger partial charge < -0.3 is 9.84 Å². The number of aromatic hydroxyl groups is 1. The number of hydrogen-bond acceptors (Lipinski definition) is 5. The van der Waals surface area contributed by atoms with E-state index in [1.807, 2.05) is 42.5 Å². The van der Waals surface area contributed by atoms with Crippen molar-refractivity contribution >= 4 is 6.21 Å². The summed E-state index contributed by atoms with van der Waals surface area (Å²) in [7, 11) is 1.57. The Kier molecular flexibility index (Phi) is 4.86. The molecule has 6 heteroatoms. The van der Waals surface area contributed by atoms with Crippen LogP contribution in [-0.4, -0.2) is 33.4 Å². The number of aromatic nitrogens is 3. The topological polar surface area (TPSA) is 72.5 Å². The Morgan fingerprint density at radius 3 is 2.79 bits per heavy atom. The van der Waals surface area contributed by atoms with E-state index in [4.69, 9.17) is 4.74 Å². The molecule has 0 unspecified atom stereocenters. The second kappa shape index (κ2) is 7.41. The molecular weight excluding hydrogens is 304 g/mol. The normalized spacial score (nSPS) is 11.0. The molecule has 2 aromatic carbocycles. The molecule has 1 heterocycles. The van der Waals surface area contributed by atoms with Crippen molar-refractivity contribution in [3.63, 3.8) is 0 Å². The zero-order valence-corrected chi connectivity index (χ0v) is 13.3. The van der Waals surface area contributed by atoms with Gasteiger partial charge in [-0.1, -0.05) is 29.5 Å². The van der Waals surface area contributed by atoms with Crippen molar-refractivity contribution in [2.24, 2.45) is 4.99 Å². The Bertz CT molecular complexity index is 828. The van der Waals surface area contributed by atoms with E-state index in [1.54, 1.807) is 30.3 Å². The zero-order chi connectivity index (χ0) is 16.8. The minimum Gasteiger partial charge on any atom is -0.508 e. The SMILES string of the molecule is COc1ccc(CC=NCc2cnnn2-c2ccccc2)c(O)c1. The lowest BCUT2D eigenvalue weighted by atomic mass is 10.1. The van der Waals surface area contributed by atoms with Crippen molar-refractivity contribution in [2.45, 2.75) is 13.0 Å². The Balaban J connectivity index is 1.65. The van der Waals surface area contributed by atoms with Gasteiger partial charge in [0.25, 0.3) is 0 Å². The van der Waals surface area contributed by atoms with Crippen molar-refractivity contribution < 1.29 is 9.84 Å². The van der Waals surface area contributed by atoms with Gasteiger partial charge in [-0.25, -0.2) is 4.68 Å². The summed E-state index contributed by atoms with van der Waals surface area (Å²) in [4.78, 5) is 4.41. The van der Waals surface area contributed by atoms with Crippen molar-refractivity contribution in [1.29, 1.82) is 0 Å². The van der Waals surface area contributed by atoms with Crippen LogP contribution < -0.4 is 4.74 Å². The Hall–Kier alpha value is -3.15. The molecule has 122 valence electrons. The molecule has 6 nitrogen and oxygen atoms in total. The zero-order valence-electron chi connectivity index (χ0n) is 13.3.